The van der Waals surface area contributed by atoms with E-state index in [0.717, 1.165) is 34.9 Å². The van der Waals surface area contributed by atoms with Crippen molar-refractivity contribution in [2.45, 2.75) is 6.92 Å². The monoisotopic (exact) mass is 405 g/mol. The maximum Gasteiger partial charge on any atom is 0.226 e. The highest BCUT2D eigenvalue weighted by Gasteiger charge is 2.21. The number of rotatable bonds is 4. The molecule has 1 aliphatic rings. The highest BCUT2D eigenvalue weighted by atomic mass is 32.1. The van der Waals surface area contributed by atoms with Crippen LogP contribution in [-0.2, 0) is 4.74 Å². The zero-order chi connectivity index (χ0) is 19.6. The summed E-state index contributed by atoms with van der Waals surface area (Å²) < 4.78 is 7.18. The minimum Gasteiger partial charge on any atom is -0.378 e. The van der Waals surface area contributed by atoms with Gasteiger partial charge in [-0.05, 0) is 40.9 Å². The molecule has 0 atom stereocenters. The molecule has 0 radical (unpaired) electrons. The van der Waals surface area contributed by atoms with Gasteiger partial charge in [0.25, 0.3) is 0 Å². The van der Waals surface area contributed by atoms with Crippen LogP contribution in [0.5, 0.6) is 0 Å². The van der Waals surface area contributed by atoms with E-state index in [1.807, 2.05) is 41.9 Å². The first-order valence-corrected chi connectivity index (χ1v) is 10.3. The van der Waals surface area contributed by atoms with E-state index in [-0.39, 0.29) is 0 Å². The van der Waals surface area contributed by atoms with Crippen LogP contribution in [0.3, 0.4) is 0 Å². The molecule has 1 saturated heterocycles. The van der Waals surface area contributed by atoms with Crippen LogP contribution in [-0.4, -0.2) is 56.5 Å². The Hall–Kier alpha value is -3.17. The third kappa shape index (κ3) is 3.50. The summed E-state index contributed by atoms with van der Waals surface area (Å²) in [5.41, 5.74) is 3.71. The van der Waals surface area contributed by atoms with Gasteiger partial charge in [-0.2, -0.15) is 4.68 Å². The number of nitrogens with zero attached hydrogens (tertiary/aromatic N) is 7. The average Bonchev–Trinajstić information content (AvgIpc) is 3.47. The average molecular weight is 405 g/mol. The van der Waals surface area contributed by atoms with Crippen molar-refractivity contribution in [3.05, 3.63) is 53.5 Å². The Morgan fingerprint density at radius 2 is 1.90 bits per heavy atom. The van der Waals surface area contributed by atoms with E-state index in [1.165, 1.54) is 5.56 Å². The second-order valence-corrected chi connectivity index (χ2v) is 7.71. The lowest BCUT2D eigenvalue weighted by Gasteiger charge is -2.27. The summed E-state index contributed by atoms with van der Waals surface area (Å²) in [5.74, 6) is 1.32. The number of ether oxygens (including phenoxy) is 1. The standard InChI is InChI=1S/C20H19N7OS/c1-14-4-6-15(7-5-14)27-19(23-24-25-27)16-13-21-20(26-8-10-28-11-9-26)22-18(16)17-3-2-12-29-17/h2-7,12-13H,8-11H2,1H3. The highest BCUT2D eigenvalue weighted by Crippen LogP contribution is 2.33. The predicted octanol–water partition coefficient (Wildman–Crippen LogP) is 2.99. The fraction of sp³-hybridized carbons (Fsp3) is 0.250. The SMILES string of the molecule is Cc1ccc(-n2nnnc2-c2cnc(N3CCOCC3)nc2-c2cccs2)cc1. The number of aryl methyl sites for hydroxylation is 1. The van der Waals surface area contributed by atoms with Crippen molar-refractivity contribution in [3.63, 3.8) is 0 Å². The van der Waals surface area contributed by atoms with Crippen LogP contribution < -0.4 is 4.90 Å². The van der Waals surface area contributed by atoms with Crippen molar-refractivity contribution in [1.29, 1.82) is 0 Å². The lowest BCUT2D eigenvalue weighted by atomic mass is 10.1. The minimum absolute atomic E-state index is 0.616. The summed E-state index contributed by atoms with van der Waals surface area (Å²) in [6.45, 7) is 4.99. The summed E-state index contributed by atoms with van der Waals surface area (Å²) in [6.07, 6.45) is 1.82. The topological polar surface area (TPSA) is 81.9 Å². The van der Waals surface area contributed by atoms with Gasteiger partial charge in [0.1, 0.15) is 0 Å². The fourth-order valence-corrected chi connectivity index (χ4v) is 4.00. The number of tetrazole rings is 1. The molecule has 4 heterocycles. The molecule has 4 aromatic rings. The fourth-order valence-electron chi connectivity index (χ4n) is 3.27. The van der Waals surface area contributed by atoms with Gasteiger partial charge in [-0.3, -0.25) is 0 Å². The number of benzene rings is 1. The third-order valence-corrected chi connectivity index (χ3v) is 5.69. The lowest BCUT2D eigenvalue weighted by molar-refractivity contribution is 0.122. The molecule has 1 aromatic carbocycles. The van der Waals surface area contributed by atoms with Crippen molar-refractivity contribution in [2.24, 2.45) is 0 Å². The Balaban J connectivity index is 1.62. The molecule has 9 heteroatoms. The summed E-state index contributed by atoms with van der Waals surface area (Å²) in [7, 11) is 0. The molecule has 8 nitrogen and oxygen atoms in total. The Kier molecular flexibility index (Phi) is 4.74. The molecule has 0 saturated carbocycles. The smallest absolute Gasteiger partial charge is 0.226 e. The maximum absolute atomic E-state index is 5.45. The molecule has 5 rings (SSSR count). The lowest BCUT2D eigenvalue weighted by Crippen LogP contribution is -2.37. The van der Waals surface area contributed by atoms with Gasteiger partial charge in [0.05, 0.1) is 35.0 Å². The molecule has 0 N–H and O–H groups in total. The van der Waals surface area contributed by atoms with Crippen molar-refractivity contribution in [2.75, 3.05) is 31.2 Å². The van der Waals surface area contributed by atoms with Crippen LogP contribution in [0.15, 0.2) is 48.0 Å². The van der Waals surface area contributed by atoms with E-state index < -0.39 is 0 Å². The summed E-state index contributed by atoms with van der Waals surface area (Å²) in [5, 5.41) is 14.5. The molecular formula is C20H19N7OS. The molecule has 0 spiro atoms. The second kappa shape index (κ2) is 7.69. The molecule has 0 aliphatic carbocycles. The van der Waals surface area contributed by atoms with E-state index in [9.17, 15) is 0 Å². The van der Waals surface area contributed by atoms with E-state index >= 15 is 0 Å². The number of aromatic nitrogens is 6. The quantitative estimate of drug-likeness (QED) is 0.516. The van der Waals surface area contributed by atoms with Crippen molar-refractivity contribution >= 4 is 17.3 Å². The van der Waals surface area contributed by atoms with Gasteiger partial charge in [0.15, 0.2) is 5.82 Å². The van der Waals surface area contributed by atoms with E-state index in [0.29, 0.717) is 25.0 Å². The number of hydrogen-bond donors (Lipinski definition) is 0. The zero-order valence-corrected chi connectivity index (χ0v) is 16.7. The first-order chi connectivity index (χ1) is 14.3. The van der Waals surface area contributed by atoms with Crippen LogP contribution in [0.25, 0.3) is 27.6 Å². The Labute approximate surface area is 171 Å². The Bertz CT molecular complexity index is 1100. The van der Waals surface area contributed by atoms with Gasteiger partial charge < -0.3 is 9.64 Å². The van der Waals surface area contributed by atoms with Gasteiger partial charge >= 0.3 is 0 Å². The minimum atomic E-state index is 0.616. The molecule has 0 amide bonds. The van der Waals surface area contributed by atoms with Crippen molar-refractivity contribution in [1.82, 2.24) is 30.2 Å². The van der Waals surface area contributed by atoms with Gasteiger partial charge in [0, 0.05) is 19.3 Å². The molecule has 1 fully saturated rings. The maximum atomic E-state index is 5.45. The summed E-state index contributed by atoms with van der Waals surface area (Å²) >= 11 is 1.64. The zero-order valence-electron chi connectivity index (χ0n) is 15.9. The molecule has 3 aromatic heterocycles. The van der Waals surface area contributed by atoms with Gasteiger partial charge in [0.2, 0.25) is 5.95 Å². The van der Waals surface area contributed by atoms with E-state index in [2.05, 4.69) is 38.4 Å². The predicted molar refractivity (Wildman–Crippen MR) is 111 cm³/mol. The normalized spacial score (nSPS) is 14.3. The number of anilines is 1. The van der Waals surface area contributed by atoms with Crippen LogP contribution in [0, 0.1) is 6.92 Å². The van der Waals surface area contributed by atoms with Crippen LogP contribution >= 0.6 is 11.3 Å². The van der Waals surface area contributed by atoms with Crippen molar-refractivity contribution in [3.8, 4) is 27.6 Å². The summed E-state index contributed by atoms with van der Waals surface area (Å²) in [6, 6.07) is 12.2. The number of morpholine rings is 1. The number of hydrogen-bond acceptors (Lipinski definition) is 8. The van der Waals surface area contributed by atoms with E-state index in [4.69, 9.17) is 9.72 Å². The second-order valence-electron chi connectivity index (χ2n) is 6.76. The summed E-state index contributed by atoms with van der Waals surface area (Å²) in [4.78, 5) is 12.7. The first kappa shape index (κ1) is 17.9. The van der Waals surface area contributed by atoms with Crippen LogP contribution in [0.4, 0.5) is 5.95 Å². The molecule has 146 valence electrons. The van der Waals surface area contributed by atoms with E-state index in [1.54, 1.807) is 16.0 Å². The van der Waals surface area contributed by atoms with Crippen molar-refractivity contribution < 1.29 is 4.74 Å². The van der Waals surface area contributed by atoms with Gasteiger partial charge in [-0.1, -0.05) is 23.8 Å². The molecule has 0 unspecified atom stereocenters. The highest BCUT2D eigenvalue weighted by molar-refractivity contribution is 7.13. The van der Waals surface area contributed by atoms with Crippen LogP contribution in [0.1, 0.15) is 5.56 Å². The number of thiophene rings is 1. The first-order valence-electron chi connectivity index (χ1n) is 9.39. The van der Waals surface area contributed by atoms with Crippen LogP contribution in [0.2, 0.25) is 0 Å². The molecule has 29 heavy (non-hydrogen) atoms. The Morgan fingerprint density at radius 1 is 1.07 bits per heavy atom. The van der Waals surface area contributed by atoms with Gasteiger partial charge in [-0.15, -0.1) is 16.4 Å². The molecule has 0 bridgehead atoms. The van der Waals surface area contributed by atoms with Gasteiger partial charge in [-0.25, -0.2) is 9.97 Å². The third-order valence-electron chi connectivity index (χ3n) is 4.81. The largest absolute Gasteiger partial charge is 0.378 e. The molecule has 1 aliphatic heterocycles. The Morgan fingerprint density at radius 3 is 2.66 bits per heavy atom. The molecular weight excluding hydrogens is 386 g/mol.